The van der Waals surface area contributed by atoms with E-state index in [9.17, 15) is 4.79 Å². The molecule has 0 unspecified atom stereocenters. The summed E-state index contributed by atoms with van der Waals surface area (Å²) < 4.78 is 0. The van der Waals surface area contributed by atoms with Crippen molar-refractivity contribution >= 4 is 5.91 Å². The van der Waals surface area contributed by atoms with Gasteiger partial charge in [0.15, 0.2) is 0 Å². The van der Waals surface area contributed by atoms with E-state index in [1.807, 2.05) is 11.8 Å². The molecule has 0 spiro atoms. The highest BCUT2D eigenvalue weighted by atomic mass is 16.2. The van der Waals surface area contributed by atoms with Crippen molar-refractivity contribution in [2.24, 2.45) is 5.73 Å². The molecule has 1 aliphatic rings. The molecule has 1 saturated heterocycles. The normalized spacial score (nSPS) is 24.1. The molecule has 0 aliphatic carbocycles. The van der Waals surface area contributed by atoms with E-state index in [0.29, 0.717) is 12.3 Å². The molecule has 3 heteroatoms. The number of hydrogen-bond donors (Lipinski definition) is 1. The van der Waals surface area contributed by atoms with E-state index in [1.165, 1.54) is 5.56 Å². The molecule has 1 amide bonds. The zero-order valence-corrected chi connectivity index (χ0v) is 11.4. The van der Waals surface area contributed by atoms with Gasteiger partial charge in [-0.2, -0.15) is 0 Å². The molecule has 98 valence electrons. The lowest BCUT2D eigenvalue weighted by Gasteiger charge is -2.26. The van der Waals surface area contributed by atoms with E-state index in [0.717, 1.165) is 12.1 Å². The molecule has 2 N–H and O–H groups in total. The highest BCUT2D eigenvalue weighted by Crippen LogP contribution is 2.32. The van der Waals surface area contributed by atoms with Gasteiger partial charge in [0.2, 0.25) is 5.91 Å². The largest absolute Gasteiger partial charge is 0.334 e. The van der Waals surface area contributed by atoms with Crippen molar-refractivity contribution in [1.82, 2.24) is 4.90 Å². The predicted octanol–water partition coefficient (Wildman–Crippen LogP) is 2.43. The Hall–Kier alpha value is -1.35. The maximum Gasteiger partial charge on any atom is 0.224 e. The van der Waals surface area contributed by atoms with Crippen molar-refractivity contribution in [3.63, 3.8) is 0 Å². The first-order valence-electron chi connectivity index (χ1n) is 6.69. The number of rotatable bonds is 3. The van der Waals surface area contributed by atoms with E-state index in [2.05, 4.69) is 38.1 Å². The van der Waals surface area contributed by atoms with Gasteiger partial charge in [-0.25, -0.2) is 0 Å². The van der Waals surface area contributed by atoms with Crippen molar-refractivity contribution in [2.45, 2.75) is 45.2 Å². The van der Waals surface area contributed by atoms with Gasteiger partial charge in [-0.3, -0.25) is 4.79 Å². The lowest BCUT2D eigenvalue weighted by atomic mass is 9.96. The average Bonchev–Trinajstić information content (AvgIpc) is 2.63. The molecule has 0 bridgehead atoms. The molecule has 1 aromatic carbocycles. The lowest BCUT2D eigenvalue weighted by Crippen LogP contribution is -2.32. The van der Waals surface area contributed by atoms with Crippen LogP contribution in [0.3, 0.4) is 0 Å². The Morgan fingerprint density at radius 2 is 1.94 bits per heavy atom. The summed E-state index contributed by atoms with van der Waals surface area (Å²) in [5, 5.41) is 0. The first-order chi connectivity index (χ1) is 8.54. The first kappa shape index (κ1) is 13.1. The Morgan fingerprint density at radius 1 is 1.33 bits per heavy atom. The smallest absolute Gasteiger partial charge is 0.224 e. The van der Waals surface area contributed by atoms with Crippen LogP contribution in [0.25, 0.3) is 0 Å². The minimum Gasteiger partial charge on any atom is -0.334 e. The number of carbonyl (C=O) groups excluding carboxylic acids is 1. The third kappa shape index (κ3) is 2.27. The molecular formula is C15H22N2O. The molecule has 1 fully saturated rings. The SMILES string of the molecule is CCN1C(=O)C[C@H](N)[C@H]1c1ccc(C(C)C)cc1. The Kier molecular flexibility index (Phi) is 3.71. The molecule has 0 radical (unpaired) electrons. The quantitative estimate of drug-likeness (QED) is 0.890. The maximum atomic E-state index is 11.8. The van der Waals surface area contributed by atoms with Gasteiger partial charge < -0.3 is 10.6 Å². The fourth-order valence-electron chi connectivity index (χ4n) is 2.70. The minimum atomic E-state index is -0.0812. The number of nitrogens with two attached hydrogens (primary N) is 1. The summed E-state index contributed by atoms with van der Waals surface area (Å²) in [6, 6.07) is 8.47. The van der Waals surface area contributed by atoms with Crippen LogP contribution in [-0.4, -0.2) is 23.4 Å². The zero-order chi connectivity index (χ0) is 13.3. The van der Waals surface area contributed by atoms with Gasteiger partial charge >= 0.3 is 0 Å². The lowest BCUT2D eigenvalue weighted by molar-refractivity contribution is -0.128. The number of nitrogens with zero attached hydrogens (tertiary/aromatic N) is 1. The van der Waals surface area contributed by atoms with Gasteiger partial charge in [0.05, 0.1) is 6.04 Å². The number of benzene rings is 1. The Bertz CT molecular complexity index is 425. The third-order valence-electron chi connectivity index (χ3n) is 3.76. The number of carbonyl (C=O) groups is 1. The fourth-order valence-corrected chi connectivity index (χ4v) is 2.70. The van der Waals surface area contributed by atoms with Crippen LogP contribution in [0, 0.1) is 0 Å². The monoisotopic (exact) mass is 246 g/mol. The maximum absolute atomic E-state index is 11.8. The highest BCUT2D eigenvalue weighted by molar-refractivity contribution is 5.80. The summed E-state index contributed by atoms with van der Waals surface area (Å²) in [4.78, 5) is 13.7. The number of likely N-dealkylation sites (N-methyl/N-ethyl adjacent to an activating group) is 1. The second-order valence-corrected chi connectivity index (χ2v) is 5.31. The van der Waals surface area contributed by atoms with E-state index in [1.54, 1.807) is 0 Å². The predicted molar refractivity (Wildman–Crippen MR) is 73.3 cm³/mol. The standard InChI is InChI=1S/C15H22N2O/c1-4-17-14(18)9-13(16)15(17)12-7-5-11(6-8-12)10(2)3/h5-8,10,13,15H,4,9,16H2,1-3H3/t13-,15+/m0/s1. The number of amides is 1. The average molecular weight is 246 g/mol. The Balaban J connectivity index is 2.27. The van der Waals surface area contributed by atoms with Gasteiger partial charge in [-0.05, 0) is 24.0 Å². The molecule has 18 heavy (non-hydrogen) atoms. The summed E-state index contributed by atoms with van der Waals surface area (Å²) in [5.74, 6) is 0.697. The van der Waals surface area contributed by atoms with Crippen molar-refractivity contribution in [3.05, 3.63) is 35.4 Å². The topological polar surface area (TPSA) is 46.3 Å². The summed E-state index contributed by atoms with van der Waals surface area (Å²) in [5.41, 5.74) is 8.57. The Morgan fingerprint density at radius 3 is 2.44 bits per heavy atom. The van der Waals surface area contributed by atoms with Crippen LogP contribution in [0.5, 0.6) is 0 Å². The van der Waals surface area contributed by atoms with Crippen LogP contribution in [0.15, 0.2) is 24.3 Å². The molecule has 1 aromatic rings. The zero-order valence-electron chi connectivity index (χ0n) is 11.4. The fraction of sp³-hybridized carbons (Fsp3) is 0.533. The molecule has 3 nitrogen and oxygen atoms in total. The first-order valence-corrected chi connectivity index (χ1v) is 6.69. The van der Waals surface area contributed by atoms with Gasteiger partial charge in [0.1, 0.15) is 0 Å². The molecule has 1 aliphatic heterocycles. The van der Waals surface area contributed by atoms with Gasteiger partial charge in [-0.15, -0.1) is 0 Å². The second-order valence-electron chi connectivity index (χ2n) is 5.31. The number of hydrogen-bond acceptors (Lipinski definition) is 2. The summed E-state index contributed by atoms with van der Waals surface area (Å²) in [6.07, 6.45) is 0.463. The van der Waals surface area contributed by atoms with Crippen LogP contribution >= 0.6 is 0 Å². The highest BCUT2D eigenvalue weighted by Gasteiger charge is 2.37. The van der Waals surface area contributed by atoms with Crippen LogP contribution in [0.4, 0.5) is 0 Å². The molecule has 0 aromatic heterocycles. The summed E-state index contributed by atoms with van der Waals surface area (Å²) in [7, 11) is 0. The number of likely N-dealkylation sites (tertiary alicyclic amines) is 1. The van der Waals surface area contributed by atoms with Crippen LogP contribution < -0.4 is 5.73 Å². The van der Waals surface area contributed by atoms with Crippen molar-refractivity contribution < 1.29 is 4.79 Å². The van der Waals surface area contributed by atoms with E-state index in [-0.39, 0.29) is 18.0 Å². The minimum absolute atomic E-state index is 0.0451. The van der Waals surface area contributed by atoms with Gasteiger partial charge in [-0.1, -0.05) is 38.1 Å². The van der Waals surface area contributed by atoms with Crippen LogP contribution in [0.1, 0.15) is 50.3 Å². The van der Waals surface area contributed by atoms with Crippen molar-refractivity contribution in [2.75, 3.05) is 6.54 Å². The van der Waals surface area contributed by atoms with E-state index < -0.39 is 0 Å². The molecule has 0 saturated carbocycles. The van der Waals surface area contributed by atoms with Crippen molar-refractivity contribution in [1.29, 1.82) is 0 Å². The van der Waals surface area contributed by atoms with Crippen molar-refractivity contribution in [3.8, 4) is 0 Å². The molecule has 2 rings (SSSR count). The van der Waals surface area contributed by atoms with Crippen LogP contribution in [-0.2, 0) is 4.79 Å². The van der Waals surface area contributed by atoms with Gasteiger partial charge in [0, 0.05) is 19.0 Å². The van der Waals surface area contributed by atoms with E-state index in [4.69, 9.17) is 5.73 Å². The van der Waals surface area contributed by atoms with Gasteiger partial charge in [0.25, 0.3) is 0 Å². The molecule has 1 heterocycles. The summed E-state index contributed by atoms with van der Waals surface area (Å²) >= 11 is 0. The van der Waals surface area contributed by atoms with Crippen LogP contribution in [0.2, 0.25) is 0 Å². The molecular weight excluding hydrogens is 224 g/mol. The molecule has 2 atom stereocenters. The second kappa shape index (κ2) is 5.11. The Labute approximate surface area is 109 Å². The van der Waals surface area contributed by atoms with E-state index >= 15 is 0 Å². The summed E-state index contributed by atoms with van der Waals surface area (Å²) in [6.45, 7) is 7.09. The third-order valence-corrected chi connectivity index (χ3v) is 3.76.